The predicted octanol–water partition coefficient (Wildman–Crippen LogP) is 3.55. The van der Waals surface area contributed by atoms with E-state index >= 15 is 0 Å². The van der Waals surface area contributed by atoms with Gasteiger partial charge in [-0.3, -0.25) is 9.59 Å². The Morgan fingerprint density at radius 1 is 1.07 bits per heavy atom. The van der Waals surface area contributed by atoms with E-state index in [9.17, 15) is 9.59 Å². The molecule has 0 radical (unpaired) electrons. The van der Waals surface area contributed by atoms with Crippen LogP contribution in [-0.4, -0.2) is 32.3 Å². The van der Waals surface area contributed by atoms with Crippen LogP contribution in [0.15, 0.2) is 63.8 Å². The van der Waals surface area contributed by atoms with Gasteiger partial charge >= 0.3 is 0 Å². The Kier molecular flexibility index (Phi) is 4.95. The number of H-pyrrole nitrogens is 1. The van der Waals surface area contributed by atoms with Crippen molar-refractivity contribution in [3.05, 3.63) is 82.2 Å². The molecule has 0 aliphatic carbocycles. The van der Waals surface area contributed by atoms with Gasteiger partial charge in [0.2, 0.25) is 5.89 Å². The van der Waals surface area contributed by atoms with Crippen molar-refractivity contribution >= 4 is 16.8 Å². The summed E-state index contributed by atoms with van der Waals surface area (Å²) in [5.74, 6) is 1.01. The standard InChI is InChI=1S/C22H20N4O3/c1-3-26(13-18-23-17-12-8-7-11-16(17)20(27)24-18)22(28)19-14(2)29-21(25-19)15-9-5-4-6-10-15/h4-12H,3,13H2,1-2H3,(H,23,24,27). The number of nitrogens with one attached hydrogen (secondary N) is 1. The average Bonchev–Trinajstić information content (AvgIpc) is 3.14. The Bertz CT molecular complexity index is 1230. The molecule has 4 rings (SSSR count). The fraction of sp³-hybridized carbons (Fsp3) is 0.182. The molecule has 1 N–H and O–H groups in total. The highest BCUT2D eigenvalue weighted by atomic mass is 16.4. The van der Waals surface area contributed by atoms with Crippen molar-refractivity contribution < 1.29 is 9.21 Å². The molecule has 7 nitrogen and oxygen atoms in total. The first kappa shape index (κ1) is 18.6. The lowest BCUT2D eigenvalue weighted by Gasteiger charge is -2.19. The van der Waals surface area contributed by atoms with Gasteiger partial charge in [-0.1, -0.05) is 30.3 Å². The maximum Gasteiger partial charge on any atom is 0.276 e. The molecule has 29 heavy (non-hydrogen) atoms. The van der Waals surface area contributed by atoms with E-state index in [0.717, 1.165) is 5.56 Å². The van der Waals surface area contributed by atoms with Crippen molar-refractivity contribution in [2.45, 2.75) is 20.4 Å². The van der Waals surface area contributed by atoms with Gasteiger partial charge < -0.3 is 14.3 Å². The molecule has 7 heteroatoms. The zero-order valence-corrected chi connectivity index (χ0v) is 16.2. The minimum atomic E-state index is -0.272. The van der Waals surface area contributed by atoms with Crippen molar-refractivity contribution in [1.29, 1.82) is 0 Å². The molecule has 0 bridgehead atoms. The summed E-state index contributed by atoms with van der Waals surface area (Å²) >= 11 is 0. The number of fused-ring (bicyclic) bond motifs is 1. The fourth-order valence-electron chi connectivity index (χ4n) is 3.17. The van der Waals surface area contributed by atoms with E-state index in [4.69, 9.17) is 4.42 Å². The number of benzene rings is 2. The van der Waals surface area contributed by atoms with E-state index in [2.05, 4.69) is 15.0 Å². The summed E-state index contributed by atoms with van der Waals surface area (Å²) in [7, 11) is 0. The number of carbonyl (C=O) groups excluding carboxylic acids is 1. The van der Waals surface area contributed by atoms with Crippen LogP contribution in [0.2, 0.25) is 0 Å². The largest absolute Gasteiger partial charge is 0.441 e. The highest BCUT2D eigenvalue weighted by Gasteiger charge is 2.23. The number of aromatic nitrogens is 3. The molecule has 0 unspecified atom stereocenters. The summed E-state index contributed by atoms with van der Waals surface area (Å²) < 4.78 is 5.71. The van der Waals surface area contributed by atoms with Crippen LogP contribution in [0.4, 0.5) is 0 Å². The van der Waals surface area contributed by atoms with E-state index in [1.54, 1.807) is 30.0 Å². The van der Waals surface area contributed by atoms with Gasteiger partial charge in [0.15, 0.2) is 5.69 Å². The van der Waals surface area contributed by atoms with Crippen LogP contribution in [0.1, 0.15) is 29.0 Å². The van der Waals surface area contributed by atoms with Crippen molar-refractivity contribution in [2.24, 2.45) is 0 Å². The average molecular weight is 388 g/mol. The third-order valence-electron chi connectivity index (χ3n) is 4.69. The number of aryl methyl sites for hydroxylation is 1. The number of amides is 1. The van der Waals surface area contributed by atoms with Crippen molar-refractivity contribution in [1.82, 2.24) is 19.9 Å². The zero-order chi connectivity index (χ0) is 20.4. The summed E-state index contributed by atoms with van der Waals surface area (Å²) in [4.78, 5) is 38.6. The highest BCUT2D eigenvalue weighted by Crippen LogP contribution is 2.22. The number of oxazole rings is 1. The van der Waals surface area contributed by atoms with Gasteiger partial charge in [0.05, 0.1) is 17.4 Å². The van der Waals surface area contributed by atoms with Crippen LogP contribution < -0.4 is 5.56 Å². The van der Waals surface area contributed by atoms with E-state index < -0.39 is 0 Å². The summed E-state index contributed by atoms with van der Waals surface area (Å²) in [6.07, 6.45) is 0. The Morgan fingerprint density at radius 3 is 2.55 bits per heavy atom. The monoisotopic (exact) mass is 388 g/mol. The molecule has 0 spiro atoms. The van der Waals surface area contributed by atoms with Crippen LogP contribution in [-0.2, 0) is 6.54 Å². The molecular weight excluding hydrogens is 368 g/mol. The second kappa shape index (κ2) is 7.71. The van der Waals surface area contributed by atoms with E-state index in [1.165, 1.54) is 0 Å². The Hall–Kier alpha value is -3.74. The zero-order valence-electron chi connectivity index (χ0n) is 16.2. The summed E-state index contributed by atoms with van der Waals surface area (Å²) in [6, 6.07) is 16.5. The molecule has 1 amide bonds. The number of rotatable bonds is 5. The molecular formula is C22H20N4O3. The molecule has 4 aromatic rings. The molecule has 2 aromatic carbocycles. The molecule has 0 saturated carbocycles. The molecule has 0 aliphatic rings. The highest BCUT2D eigenvalue weighted by molar-refractivity contribution is 5.93. The Balaban J connectivity index is 1.63. The Morgan fingerprint density at radius 2 is 1.79 bits per heavy atom. The second-order valence-electron chi connectivity index (χ2n) is 6.64. The smallest absolute Gasteiger partial charge is 0.276 e. The third-order valence-corrected chi connectivity index (χ3v) is 4.69. The molecule has 0 aliphatic heterocycles. The van der Waals surface area contributed by atoms with Crippen molar-refractivity contribution in [3.8, 4) is 11.5 Å². The first-order valence-corrected chi connectivity index (χ1v) is 9.37. The third kappa shape index (κ3) is 3.67. The maximum atomic E-state index is 13.1. The van der Waals surface area contributed by atoms with Crippen molar-refractivity contribution in [3.63, 3.8) is 0 Å². The molecule has 0 saturated heterocycles. The van der Waals surface area contributed by atoms with E-state index in [-0.39, 0.29) is 23.7 Å². The molecule has 2 aromatic heterocycles. The van der Waals surface area contributed by atoms with Gasteiger partial charge in [0, 0.05) is 12.1 Å². The number of para-hydroxylation sites is 1. The molecule has 146 valence electrons. The summed E-state index contributed by atoms with van der Waals surface area (Å²) in [5, 5.41) is 0.519. The number of carbonyl (C=O) groups is 1. The predicted molar refractivity (Wildman–Crippen MR) is 109 cm³/mol. The first-order chi connectivity index (χ1) is 14.1. The van der Waals surface area contributed by atoms with Crippen LogP contribution in [0.3, 0.4) is 0 Å². The quantitative estimate of drug-likeness (QED) is 0.564. The first-order valence-electron chi connectivity index (χ1n) is 9.37. The number of hydrogen-bond acceptors (Lipinski definition) is 5. The number of nitrogens with zero attached hydrogens (tertiary/aromatic N) is 3. The lowest BCUT2D eigenvalue weighted by atomic mass is 10.2. The lowest BCUT2D eigenvalue weighted by molar-refractivity contribution is 0.0741. The molecule has 0 atom stereocenters. The van der Waals surface area contributed by atoms with Gasteiger partial charge in [-0.2, -0.15) is 0 Å². The SMILES string of the molecule is CCN(Cc1nc2ccccc2c(=O)[nH]1)C(=O)c1nc(-c2ccccc2)oc1C. The lowest BCUT2D eigenvalue weighted by Crippen LogP contribution is -2.32. The van der Waals surface area contributed by atoms with Gasteiger partial charge in [-0.05, 0) is 38.1 Å². The van der Waals surface area contributed by atoms with Gasteiger partial charge in [0.1, 0.15) is 11.6 Å². The van der Waals surface area contributed by atoms with Gasteiger partial charge in [0.25, 0.3) is 11.5 Å². The van der Waals surface area contributed by atoms with Crippen LogP contribution in [0, 0.1) is 6.92 Å². The van der Waals surface area contributed by atoms with Crippen LogP contribution >= 0.6 is 0 Å². The summed E-state index contributed by atoms with van der Waals surface area (Å²) in [5.41, 5.74) is 1.43. The minimum Gasteiger partial charge on any atom is -0.441 e. The maximum absolute atomic E-state index is 13.1. The second-order valence-corrected chi connectivity index (χ2v) is 6.64. The normalized spacial score (nSPS) is 11.0. The van der Waals surface area contributed by atoms with Crippen molar-refractivity contribution in [2.75, 3.05) is 6.54 Å². The Labute approximate surface area is 167 Å². The number of aromatic amines is 1. The van der Waals surface area contributed by atoms with E-state index in [1.807, 2.05) is 43.3 Å². The minimum absolute atomic E-state index is 0.169. The fourth-order valence-corrected chi connectivity index (χ4v) is 3.17. The molecule has 0 fully saturated rings. The summed E-state index contributed by atoms with van der Waals surface area (Å²) in [6.45, 7) is 4.19. The van der Waals surface area contributed by atoms with Gasteiger partial charge in [-0.15, -0.1) is 0 Å². The van der Waals surface area contributed by atoms with E-state index in [0.29, 0.717) is 34.9 Å². The van der Waals surface area contributed by atoms with Gasteiger partial charge in [-0.25, -0.2) is 9.97 Å². The van der Waals surface area contributed by atoms with Crippen LogP contribution in [0.25, 0.3) is 22.4 Å². The molecule has 2 heterocycles. The topological polar surface area (TPSA) is 92.1 Å². The number of hydrogen-bond donors (Lipinski definition) is 1. The van der Waals surface area contributed by atoms with Crippen LogP contribution in [0.5, 0.6) is 0 Å².